The number of anilines is 1. The van der Waals surface area contributed by atoms with Crippen LogP contribution in [0.3, 0.4) is 0 Å². The van der Waals surface area contributed by atoms with E-state index in [1.165, 1.54) is 77.1 Å². The lowest BCUT2D eigenvalue weighted by atomic mass is 9.98. The van der Waals surface area contributed by atoms with Crippen molar-refractivity contribution in [1.82, 2.24) is 9.13 Å². The molecule has 48 heavy (non-hydrogen) atoms. The van der Waals surface area contributed by atoms with Crippen LogP contribution in [0.5, 0.6) is 0 Å². The van der Waals surface area contributed by atoms with Gasteiger partial charge in [0.15, 0.2) is 0 Å². The van der Waals surface area contributed by atoms with Crippen LogP contribution in [0, 0.1) is 0 Å². The van der Waals surface area contributed by atoms with Crippen molar-refractivity contribution in [3.8, 4) is 33.6 Å². The zero-order valence-corrected chi connectivity index (χ0v) is 26.3. The third-order valence-electron chi connectivity index (χ3n) is 9.89. The lowest BCUT2D eigenvalue weighted by Crippen LogP contribution is -2.06. The molecule has 0 unspecified atom stereocenters. The van der Waals surface area contributed by atoms with Crippen LogP contribution in [0.25, 0.3) is 83.3 Å². The molecule has 0 fully saturated rings. The van der Waals surface area contributed by atoms with Crippen molar-refractivity contribution in [2.24, 2.45) is 0 Å². The minimum atomic E-state index is 0.844. The van der Waals surface area contributed by atoms with E-state index in [1.54, 1.807) is 0 Å². The maximum atomic E-state index is 3.61. The van der Waals surface area contributed by atoms with Gasteiger partial charge >= 0.3 is 0 Å². The van der Waals surface area contributed by atoms with Gasteiger partial charge in [0.25, 0.3) is 0 Å². The first-order chi connectivity index (χ1) is 23.8. The Morgan fingerprint density at radius 3 is 1.69 bits per heavy atom. The van der Waals surface area contributed by atoms with E-state index >= 15 is 0 Å². The number of hydrogen-bond donors (Lipinski definition) is 1. The van der Waals surface area contributed by atoms with E-state index in [-0.39, 0.29) is 0 Å². The van der Waals surface area contributed by atoms with Crippen molar-refractivity contribution in [2.75, 3.05) is 11.9 Å². The molecular weight excluding hydrogens is 583 g/mol. The minimum Gasteiger partial charge on any atom is -0.381 e. The summed E-state index contributed by atoms with van der Waals surface area (Å²) in [6.45, 7) is 0.844. The summed E-state index contributed by atoms with van der Waals surface area (Å²) in [6.07, 6.45) is 4.39. The van der Waals surface area contributed by atoms with Crippen LogP contribution in [-0.2, 0) is 0 Å². The monoisotopic (exact) mass is 613 g/mol. The van der Waals surface area contributed by atoms with E-state index in [4.69, 9.17) is 0 Å². The predicted molar refractivity (Wildman–Crippen MR) is 204 cm³/mol. The van der Waals surface area contributed by atoms with Gasteiger partial charge in [0.1, 0.15) is 0 Å². The summed E-state index contributed by atoms with van der Waals surface area (Å²) < 4.78 is 4.88. The molecule has 0 spiro atoms. The second kappa shape index (κ2) is 10.6. The van der Waals surface area contributed by atoms with Crippen LogP contribution in [0.2, 0.25) is 0 Å². The fourth-order valence-electron chi connectivity index (χ4n) is 7.84. The summed E-state index contributed by atoms with van der Waals surface area (Å²) in [5, 5.41) is 8.70. The Labute approximate surface area is 278 Å². The molecule has 0 saturated carbocycles. The van der Waals surface area contributed by atoms with Gasteiger partial charge in [-0.05, 0) is 70.8 Å². The van der Waals surface area contributed by atoms with E-state index in [9.17, 15) is 0 Å². The maximum absolute atomic E-state index is 3.61. The highest BCUT2D eigenvalue weighted by Gasteiger charge is 2.21. The van der Waals surface area contributed by atoms with Crippen LogP contribution in [0.15, 0.2) is 164 Å². The zero-order valence-electron chi connectivity index (χ0n) is 26.3. The Morgan fingerprint density at radius 2 is 1.00 bits per heavy atom. The van der Waals surface area contributed by atoms with E-state index in [0.717, 1.165) is 17.9 Å². The Kier molecular flexibility index (Phi) is 5.94. The average Bonchev–Trinajstić information content (AvgIpc) is 3.68. The van der Waals surface area contributed by atoms with Crippen molar-refractivity contribution in [3.05, 3.63) is 169 Å². The summed E-state index contributed by atoms with van der Waals surface area (Å²) in [7, 11) is 0. The normalized spacial score (nSPS) is 12.6. The highest BCUT2D eigenvalue weighted by atomic mass is 15.0. The molecule has 3 heterocycles. The molecule has 0 bridgehead atoms. The Balaban J connectivity index is 1.24. The minimum absolute atomic E-state index is 0.844. The van der Waals surface area contributed by atoms with Crippen molar-refractivity contribution in [3.63, 3.8) is 0 Å². The van der Waals surface area contributed by atoms with Crippen LogP contribution < -0.4 is 5.32 Å². The molecule has 7 aromatic carbocycles. The van der Waals surface area contributed by atoms with Gasteiger partial charge in [-0.15, -0.1) is 0 Å². The summed E-state index contributed by atoms with van der Waals surface area (Å²) in [5.41, 5.74) is 14.4. The van der Waals surface area contributed by atoms with Gasteiger partial charge in [-0.2, -0.15) is 0 Å². The second-order valence-electron chi connectivity index (χ2n) is 12.6. The molecule has 1 aliphatic heterocycles. The summed E-state index contributed by atoms with van der Waals surface area (Å²) in [6, 6.07) is 57.4. The van der Waals surface area contributed by atoms with E-state index in [0.29, 0.717) is 0 Å². The van der Waals surface area contributed by atoms with Crippen molar-refractivity contribution < 1.29 is 0 Å². The molecule has 0 saturated heterocycles. The van der Waals surface area contributed by atoms with Gasteiger partial charge in [0, 0.05) is 50.7 Å². The molecule has 0 aliphatic carbocycles. The molecule has 0 radical (unpaired) electrons. The van der Waals surface area contributed by atoms with E-state index in [2.05, 4.69) is 184 Å². The third kappa shape index (κ3) is 4.01. The SMILES string of the molecule is C1=Cc2cccc(-c3cccc(-n4c5ccccc5c5c6c7ccccc7n(-c7cccc(-c8ccccc8)c7)c6ccc54)c3)c2NC1. The fourth-order valence-corrected chi connectivity index (χ4v) is 7.84. The number of hydrogen-bond acceptors (Lipinski definition) is 1. The molecular formula is C45H31N3. The van der Waals surface area contributed by atoms with Gasteiger partial charge in [-0.25, -0.2) is 0 Å². The van der Waals surface area contributed by atoms with Crippen LogP contribution in [0.1, 0.15) is 5.56 Å². The highest BCUT2D eigenvalue weighted by Crippen LogP contribution is 2.43. The number of fused-ring (bicyclic) bond motifs is 8. The molecule has 1 N–H and O–H groups in total. The second-order valence-corrected chi connectivity index (χ2v) is 12.6. The quantitative estimate of drug-likeness (QED) is 0.210. The zero-order chi connectivity index (χ0) is 31.6. The van der Waals surface area contributed by atoms with Crippen LogP contribution in [-0.4, -0.2) is 15.7 Å². The van der Waals surface area contributed by atoms with Gasteiger partial charge in [0.2, 0.25) is 0 Å². The van der Waals surface area contributed by atoms with E-state index < -0.39 is 0 Å². The molecule has 3 heteroatoms. The third-order valence-corrected chi connectivity index (χ3v) is 9.89. The van der Waals surface area contributed by atoms with Crippen molar-refractivity contribution in [1.29, 1.82) is 0 Å². The Bertz CT molecular complexity index is 2720. The van der Waals surface area contributed by atoms with Crippen LogP contribution in [0.4, 0.5) is 5.69 Å². The first-order valence-electron chi connectivity index (χ1n) is 16.6. The molecule has 0 atom stereocenters. The number of para-hydroxylation sites is 3. The van der Waals surface area contributed by atoms with Crippen molar-refractivity contribution >= 4 is 55.4 Å². The first-order valence-corrected chi connectivity index (χ1v) is 16.6. The Hall–Kier alpha value is -6.32. The molecule has 3 nitrogen and oxygen atoms in total. The molecule has 2 aromatic heterocycles. The maximum Gasteiger partial charge on any atom is 0.0548 e. The average molecular weight is 614 g/mol. The lowest BCUT2D eigenvalue weighted by molar-refractivity contribution is 1.17. The number of nitrogens with zero attached hydrogens (tertiary/aromatic N) is 2. The largest absolute Gasteiger partial charge is 0.381 e. The number of rotatable bonds is 4. The van der Waals surface area contributed by atoms with Crippen molar-refractivity contribution in [2.45, 2.75) is 0 Å². The summed E-state index contributed by atoms with van der Waals surface area (Å²) in [5.74, 6) is 0. The number of benzene rings is 7. The highest BCUT2D eigenvalue weighted by molar-refractivity contribution is 6.28. The summed E-state index contributed by atoms with van der Waals surface area (Å²) >= 11 is 0. The molecule has 9 aromatic rings. The van der Waals surface area contributed by atoms with Gasteiger partial charge in [-0.1, -0.05) is 121 Å². The standard InChI is InChI=1S/C45H31N3/c1-2-12-30(13-3-1)32-15-8-18-34(28-32)47-39-23-6-4-20-37(39)43-41(47)25-26-42-44(43)38-21-5-7-24-40(38)48(42)35-19-9-16-33(29-35)36-22-10-14-31-17-11-27-46-45(31)36/h1-26,28-29,46H,27H2. The first kappa shape index (κ1) is 26.9. The lowest BCUT2D eigenvalue weighted by Gasteiger charge is -2.18. The molecule has 1 aliphatic rings. The summed E-state index contributed by atoms with van der Waals surface area (Å²) in [4.78, 5) is 0. The Morgan fingerprint density at radius 1 is 0.438 bits per heavy atom. The molecule has 10 rings (SSSR count). The fraction of sp³-hybridized carbons (Fsp3) is 0.0222. The smallest absolute Gasteiger partial charge is 0.0548 e. The van der Waals surface area contributed by atoms with Gasteiger partial charge in [0.05, 0.1) is 22.1 Å². The van der Waals surface area contributed by atoms with Crippen LogP contribution >= 0.6 is 0 Å². The molecule has 226 valence electrons. The van der Waals surface area contributed by atoms with Gasteiger partial charge in [-0.3, -0.25) is 0 Å². The van der Waals surface area contributed by atoms with Gasteiger partial charge < -0.3 is 14.5 Å². The number of aromatic nitrogens is 2. The van der Waals surface area contributed by atoms with E-state index in [1.807, 2.05) is 0 Å². The molecule has 0 amide bonds. The predicted octanol–water partition coefficient (Wildman–Crippen LogP) is 11.7. The number of nitrogens with one attached hydrogen (secondary N) is 1. The topological polar surface area (TPSA) is 21.9 Å².